The minimum Gasteiger partial charge on any atom is -0.422 e. The van der Waals surface area contributed by atoms with E-state index in [2.05, 4.69) is 27.1 Å². The van der Waals surface area contributed by atoms with E-state index in [0.717, 1.165) is 31.8 Å². The van der Waals surface area contributed by atoms with Crippen molar-refractivity contribution in [2.24, 2.45) is 5.92 Å². The Morgan fingerprint density at radius 1 is 1.19 bits per heavy atom. The number of benzene rings is 1. The molecule has 7 heteroatoms. The SMILES string of the molecule is CC1CCN(c2ncc(NC(=O)c3cc4ccccc4oc3=O)cn2)CC1. The van der Waals surface area contributed by atoms with E-state index in [4.69, 9.17) is 4.42 Å². The van der Waals surface area contributed by atoms with Crippen LogP contribution in [0.1, 0.15) is 30.1 Å². The fourth-order valence-electron chi connectivity index (χ4n) is 3.18. The van der Waals surface area contributed by atoms with E-state index in [1.54, 1.807) is 30.6 Å². The number of hydrogen-bond acceptors (Lipinski definition) is 6. The van der Waals surface area contributed by atoms with Crippen LogP contribution < -0.4 is 15.8 Å². The van der Waals surface area contributed by atoms with E-state index in [0.29, 0.717) is 22.6 Å². The van der Waals surface area contributed by atoms with Gasteiger partial charge < -0.3 is 14.6 Å². The van der Waals surface area contributed by atoms with Gasteiger partial charge >= 0.3 is 5.63 Å². The Labute approximate surface area is 156 Å². The van der Waals surface area contributed by atoms with Crippen LogP contribution in [0.2, 0.25) is 0 Å². The molecule has 0 saturated carbocycles. The molecule has 1 aliphatic rings. The van der Waals surface area contributed by atoms with Gasteiger partial charge in [-0.2, -0.15) is 0 Å². The van der Waals surface area contributed by atoms with E-state index >= 15 is 0 Å². The van der Waals surface area contributed by atoms with Gasteiger partial charge in [-0.15, -0.1) is 0 Å². The molecule has 138 valence electrons. The maximum absolute atomic E-state index is 12.5. The Kier molecular flexibility index (Phi) is 4.58. The number of carbonyl (C=O) groups excluding carboxylic acids is 1. The first-order chi connectivity index (χ1) is 13.1. The van der Waals surface area contributed by atoms with Crippen molar-refractivity contribution < 1.29 is 9.21 Å². The summed E-state index contributed by atoms with van der Waals surface area (Å²) in [6, 6.07) is 8.59. The second-order valence-corrected chi connectivity index (χ2v) is 6.88. The first-order valence-corrected chi connectivity index (χ1v) is 9.01. The maximum Gasteiger partial charge on any atom is 0.349 e. The minimum atomic E-state index is -0.675. The summed E-state index contributed by atoms with van der Waals surface area (Å²) >= 11 is 0. The summed E-state index contributed by atoms with van der Waals surface area (Å²) in [5.74, 6) is 0.844. The van der Waals surface area contributed by atoms with E-state index in [-0.39, 0.29) is 5.56 Å². The summed E-state index contributed by atoms with van der Waals surface area (Å²) < 4.78 is 5.20. The van der Waals surface area contributed by atoms with E-state index in [9.17, 15) is 9.59 Å². The van der Waals surface area contributed by atoms with Crippen LogP contribution in [0.15, 0.2) is 51.9 Å². The molecule has 1 amide bonds. The molecule has 4 rings (SSSR count). The van der Waals surface area contributed by atoms with Crippen molar-refractivity contribution in [3.63, 3.8) is 0 Å². The van der Waals surface area contributed by atoms with Gasteiger partial charge in [0.05, 0.1) is 18.1 Å². The highest BCUT2D eigenvalue weighted by Gasteiger charge is 2.18. The average molecular weight is 364 g/mol. The van der Waals surface area contributed by atoms with Gasteiger partial charge in [0.25, 0.3) is 5.91 Å². The summed E-state index contributed by atoms with van der Waals surface area (Å²) in [6.45, 7) is 4.12. The molecule has 3 aromatic rings. The normalized spacial score (nSPS) is 15.1. The highest BCUT2D eigenvalue weighted by molar-refractivity contribution is 6.05. The first-order valence-electron chi connectivity index (χ1n) is 9.01. The van der Waals surface area contributed by atoms with Crippen molar-refractivity contribution in [2.45, 2.75) is 19.8 Å². The molecule has 0 aliphatic carbocycles. The third kappa shape index (κ3) is 3.67. The number of anilines is 2. The van der Waals surface area contributed by atoms with Crippen molar-refractivity contribution >= 4 is 28.5 Å². The Morgan fingerprint density at radius 2 is 1.89 bits per heavy atom. The molecule has 0 spiro atoms. The van der Waals surface area contributed by atoms with Gasteiger partial charge in [0.2, 0.25) is 5.95 Å². The Balaban J connectivity index is 1.50. The molecule has 2 aromatic heterocycles. The van der Waals surface area contributed by atoms with Crippen LogP contribution in [0.25, 0.3) is 11.0 Å². The summed E-state index contributed by atoms with van der Waals surface area (Å²) in [7, 11) is 0. The molecular formula is C20H20N4O3. The lowest BCUT2D eigenvalue weighted by Gasteiger charge is -2.30. The first kappa shape index (κ1) is 17.2. The molecule has 7 nitrogen and oxygen atoms in total. The molecule has 1 N–H and O–H groups in total. The number of amides is 1. The number of piperidine rings is 1. The third-order valence-corrected chi connectivity index (χ3v) is 4.85. The van der Waals surface area contributed by atoms with Gasteiger partial charge in [-0.1, -0.05) is 25.1 Å². The molecule has 1 saturated heterocycles. The summed E-state index contributed by atoms with van der Waals surface area (Å²) in [6.07, 6.45) is 5.36. The number of rotatable bonds is 3. The van der Waals surface area contributed by atoms with Gasteiger partial charge in [0.15, 0.2) is 0 Å². The van der Waals surface area contributed by atoms with Gasteiger partial charge in [-0.05, 0) is 30.9 Å². The topological polar surface area (TPSA) is 88.3 Å². The number of aromatic nitrogens is 2. The van der Waals surface area contributed by atoms with Crippen molar-refractivity contribution in [1.29, 1.82) is 0 Å². The molecule has 0 radical (unpaired) electrons. The molecule has 1 aromatic carbocycles. The average Bonchev–Trinajstić information content (AvgIpc) is 2.68. The van der Waals surface area contributed by atoms with Gasteiger partial charge in [-0.25, -0.2) is 14.8 Å². The zero-order valence-corrected chi connectivity index (χ0v) is 15.0. The second-order valence-electron chi connectivity index (χ2n) is 6.88. The van der Waals surface area contributed by atoms with Crippen LogP contribution in [-0.4, -0.2) is 29.0 Å². The Hall–Kier alpha value is -3.22. The fourth-order valence-corrected chi connectivity index (χ4v) is 3.18. The zero-order valence-electron chi connectivity index (χ0n) is 15.0. The molecule has 1 fully saturated rings. The standard InChI is InChI=1S/C20H20N4O3/c1-13-6-8-24(9-7-13)20-21-11-15(12-22-20)23-18(25)16-10-14-4-2-3-5-17(14)27-19(16)26/h2-5,10-13H,6-9H2,1H3,(H,23,25). The second kappa shape index (κ2) is 7.19. The van der Waals surface area contributed by atoms with Crippen molar-refractivity contribution in [3.05, 3.63) is 58.7 Å². The number of carbonyl (C=O) groups is 1. The Bertz CT molecular complexity index is 1020. The van der Waals surface area contributed by atoms with Crippen molar-refractivity contribution in [3.8, 4) is 0 Å². The fraction of sp³-hybridized carbons (Fsp3) is 0.300. The predicted molar refractivity (Wildman–Crippen MR) is 103 cm³/mol. The van der Waals surface area contributed by atoms with Gasteiger partial charge in [0, 0.05) is 18.5 Å². The third-order valence-electron chi connectivity index (χ3n) is 4.85. The number of nitrogens with zero attached hydrogens (tertiary/aromatic N) is 3. The van der Waals surface area contributed by atoms with Crippen LogP contribution in [0, 0.1) is 5.92 Å². The van der Waals surface area contributed by atoms with Gasteiger partial charge in [-0.3, -0.25) is 4.79 Å². The Morgan fingerprint density at radius 3 is 2.63 bits per heavy atom. The van der Waals surface area contributed by atoms with Crippen LogP contribution in [-0.2, 0) is 0 Å². The zero-order chi connectivity index (χ0) is 18.8. The molecule has 27 heavy (non-hydrogen) atoms. The monoisotopic (exact) mass is 364 g/mol. The van der Waals surface area contributed by atoms with Crippen LogP contribution in [0.3, 0.4) is 0 Å². The molecule has 1 aliphatic heterocycles. The van der Waals surface area contributed by atoms with Crippen LogP contribution in [0.5, 0.6) is 0 Å². The molecule has 0 unspecified atom stereocenters. The summed E-state index contributed by atoms with van der Waals surface area (Å²) in [5, 5.41) is 3.35. The lowest BCUT2D eigenvalue weighted by Crippen LogP contribution is -2.34. The number of nitrogens with one attached hydrogen (secondary N) is 1. The van der Waals surface area contributed by atoms with Crippen LogP contribution in [0.4, 0.5) is 11.6 Å². The van der Waals surface area contributed by atoms with E-state index in [1.807, 2.05) is 6.07 Å². The quantitative estimate of drug-likeness (QED) is 0.719. The van der Waals surface area contributed by atoms with E-state index in [1.165, 1.54) is 6.07 Å². The smallest absolute Gasteiger partial charge is 0.349 e. The molecule has 0 bridgehead atoms. The van der Waals surface area contributed by atoms with Crippen molar-refractivity contribution in [2.75, 3.05) is 23.3 Å². The highest BCUT2D eigenvalue weighted by Crippen LogP contribution is 2.20. The molecule has 0 atom stereocenters. The van der Waals surface area contributed by atoms with Gasteiger partial charge in [0.1, 0.15) is 11.1 Å². The highest BCUT2D eigenvalue weighted by atomic mass is 16.4. The lowest BCUT2D eigenvalue weighted by molar-refractivity contribution is 0.102. The number of para-hydroxylation sites is 1. The summed E-state index contributed by atoms with van der Waals surface area (Å²) in [4.78, 5) is 35.4. The maximum atomic E-state index is 12.5. The predicted octanol–water partition coefficient (Wildman–Crippen LogP) is 3.07. The molecular weight excluding hydrogens is 344 g/mol. The van der Waals surface area contributed by atoms with Crippen molar-refractivity contribution in [1.82, 2.24) is 9.97 Å². The van der Waals surface area contributed by atoms with E-state index < -0.39 is 11.5 Å². The lowest BCUT2D eigenvalue weighted by atomic mass is 10.00. The van der Waals surface area contributed by atoms with Crippen LogP contribution >= 0.6 is 0 Å². The molecule has 3 heterocycles. The number of fused-ring (bicyclic) bond motifs is 1. The largest absolute Gasteiger partial charge is 0.422 e. The minimum absolute atomic E-state index is 0.0530. The number of hydrogen-bond donors (Lipinski definition) is 1. The summed E-state index contributed by atoms with van der Waals surface area (Å²) in [5.41, 5.74) is 0.151.